The highest BCUT2D eigenvalue weighted by Crippen LogP contribution is 2.36. The summed E-state index contributed by atoms with van der Waals surface area (Å²) in [7, 11) is 0. The molecule has 1 N–H and O–H groups in total. The molecule has 5 rings (SSSR count). The average Bonchev–Trinajstić information content (AvgIpc) is 3.06. The minimum absolute atomic E-state index is 0.310. The minimum atomic E-state index is -0.457. The molecular weight excluding hydrogens is 432 g/mol. The fraction of sp³-hybridized carbons (Fsp3) is 0.0741. The molecule has 162 valence electrons. The van der Waals surface area contributed by atoms with E-state index in [1.54, 1.807) is 12.1 Å². The van der Waals surface area contributed by atoms with Crippen LogP contribution < -0.4 is 5.32 Å². The molecule has 0 aromatic heterocycles. The maximum atomic E-state index is 13.1. The third-order valence-corrected chi connectivity index (χ3v) is 6.47. The van der Waals surface area contributed by atoms with Crippen LogP contribution in [-0.4, -0.2) is 28.5 Å². The van der Waals surface area contributed by atoms with Crippen LogP contribution in [0.3, 0.4) is 0 Å². The van der Waals surface area contributed by atoms with Crippen molar-refractivity contribution in [1.82, 2.24) is 4.90 Å². The number of imide groups is 1. The van der Waals surface area contributed by atoms with Crippen LogP contribution in [0, 0.1) is 6.92 Å². The molecule has 1 saturated heterocycles. The molecule has 5 nitrogen and oxygen atoms in total. The summed E-state index contributed by atoms with van der Waals surface area (Å²) in [5.74, 6) is -0.874. The third kappa shape index (κ3) is 4.13. The van der Waals surface area contributed by atoms with Gasteiger partial charge in [-0.1, -0.05) is 60.7 Å². The van der Waals surface area contributed by atoms with Gasteiger partial charge in [0.05, 0.1) is 4.91 Å². The fourth-order valence-corrected chi connectivity index (χ4v) is 4.86. The molecule has 1 heterocycles. The van der Waals surface area contributed by atoms with Gasteiger partial charge in [-0.05, 0) is 75.6 Å². The summed E-state index contributed by atoms with van der Waals surface area (Å²) < 4.78 is 0. The van der Waals surface area contributed by atoms with Gasteiger partial charge in [0.2, 0.25) is 5.91 Å². The Hall–Kier alpha value is -3.90. The van der Waals surface area contributed by atoms with Crippen LogP contribution in [0.5, 0.6) is 0 Å². The maximum Gasteiger partial charge on any atom is 0.294 e. The lowest BCUT2D eigenvalue weighted by molar-refractivity contribution is -0.127. The Morgan fingerprint density at radius 1 is 0.909 bits per heavy atom. The topological polar surface area (TPSA) is 66.5 Å². The Kier molecular flexibility index (Phi) is 5.44. The van der Waals surface area contributed by atoms with Gasteiger partial charge in [-0.2, -0.15) is 0 Å². The van der Waals surface area contributed by atoms with Crippen LogP contribution in [0.1, 0.15) is 11.1 Å². The number of fused-ring (bicyclic) bond motifs is 2. The lowest BCUT2D eigenvalue weighted by atomic mass is 9.96. The van der Waals surface area contributed by atoms with E-state index in [1.807, 2.05) is 73.7 Å². The smallest absolute Gasteiger partial charge is 0.294 e. The number of benzene rings is 4. The number of nitrogens with one attached hydrogen (secondary N) is 1. The van der Waals surface area contributed by atoms with E-state index >= 15 is 0 Å². The second-order valence-corrected chi connectivity index (χ2v) is 8.91. The molecule has 1 aliphatic heterocycles. The number of thioether (sulfide) groups is 1. The predicted molar refractivity (Wildman–Crippen MR) is 134 cm³/mol. The largest absolute Gasteiger partial charge is 0.325 e. The van der Waals surface area contributed by atoms with Gasteiger partial charge in [0, 0.05) is 5.69 Å². The van der Waals surface area contributed by atoms with Crippen LogP contribution in [0.25, 0.3) is 27.6 Å². The first-order valence-corrected chi connectivity index (χ1v) is 11.3. The van der Waals surface area contributed by atoms with Crippen LogP contribution in [-0.2, 0) is 9.59 Å². The molecule has 4 aromatic carbocycles. The Balaban J connectivity index is 1.46. The van der Waals surface area contributed by atoms with Crippen molar-refractivity contribution in [1.29, 1.82) is 0 Å². The summed E-state index contributed by atoms with van der Waals surface area (Å²) in [6.07, 6.45) is 1.77. The van der Waals surface area contributed by atoms with Gasteiger partial charge in [0.1, 0.15) is 6.54 Å². The Labute approximate surface area is 195 Å². The van der Waals surface area contributed by atoms with Gasteiger partial charge < -0.3 is 5.32 Å². The molecule has 4 aromatic rings. The number of amides is 3. The van der Waals surface area contributed by atoms with Gasteiger partial charge in [0.15, 0.2) is 0 Å². The lowest BCUT2D eigenvalue weighted by Crippen LogP contribution is -2.36. The Morgan fingerprint density at radius 3 is 2.24 bits per heavy atom. The zero-order chi connectivity index (χ0) is 22.9. The highest BCUT2D eigenvalue weighted by atomic mass is 32.2. The zero-order valence-corrected chi connectivity index (χ0v) is 18.7. The van der Waals surface area contributed by atoms with E-state index in [4.69, 9.17) is 0 Å². The van der Waals surface area contributed by atoms with E-state index < -0.39 is 17.1 Å². The highest BCUT2D eigenvalue weighted by Gasteiger charge is 2.36. The molecular formula is C27H20N2O3S. The zero-order valence-electron chi connectivity index (χ0n) is 17.9. The number of aryl methyl sites for hydroxylation is 1. The number of nitrogens with zero attached hydrogens (tertiary/aromatic N) is 1. The van der Waals surface area contributed by atoms with Gasteiger partial charge in [0.25, 0.3) is 11.1 Å². The summed E-state index contributed by atoms with van der Waals surface area (Å²) in [6.45, 7) is 1.60. The molecule has 1 fully saturated rings. The number of carbonyl (C=O) groups excluding carboxylic acids is 3. The lowest BCUT2D eigenvalue weighted by Gasteiger charge is -2.13. The first-order valence-electron chi connectivity index (χ1n) is 10.5. The van der Waals surface area contributed by atoms with E-state index in [1.165, 1.54) is 0 Å². The van der Waals surface area contributed by atoms with Gasteiger partial charge in [-0.15, -0.1) is 0 Å². The summed E-state index contributed by atoms with van der Waals surface area (Å²) in [6, 6.07) is 25.4. The van der Waals surface area contributed by atoms with E-state index in [0.29, 0.717) is 10.6 Å². The van der Waals surface area contributed by atoms with Crippen molar-refractivity contribution in [2.75, 3.05) is 11.9 Å². The quantitative estimate of drug-likeness (QED) is 0.306. The number of carbonyl (C=O) groups is 3. The fourth-order valence-electron chi connectivity index (χ4n) is 4.04. The van der Waals surface area contributed by atoms with Gasteiger partial charge in [-0.3, -0.25) is 19.3 Å². The normalized spacial score (nSPS) is 15.1. The standard InChI is InChI=1S/C27H20N2O3S/c1-17-7-6-10-20(13-17)28-25(30)16-29-26(31)24(33-27(29)32)15-23-21-11-4-2-8-18(21)14-19-9-3-5-12-22(19)23/h2-15H,16H2,1H3,(H,28,30). The third-order valence-electron chi connectivity index (χ3n) is 5.57. The van der Waals surface area contributed by atoms with Gasteiger partial charge >= 0.3 is 0 Å². The molecule has 0 spiro atoms. The summed E-state index contributed by atoms with van der Waals surface area (Å²) >= 11 is 0.863. The monoisotopic (exact) mass is 452 g/mol. The molecule has 0 unspecified atom stereocenters. The Morgan fingerprint density at radius 2 is 1.58 bits per heavy atom. The van der Waals surface area contributed by atoms with Crippen LogP contribution in [0.2, 0.25) is 0 Å². The molecule has 0 saturated carbocycles. The van der Waals surface area contributed by atoms with Crippen molar-refractivity contribution in [3.05, 3.63) is 94.9 Å². The number of anilines is 1. The van der Waals surface area contributed by atoms with Crippen molar-refractivity contribution in [2.24, 2.45) is 0 Å². The van der Waals surface area contributed by atoms with Crippen molar-refractivity contribution in [3.63, 3.8) is 0 Å². The predicted octanol–water partition coefficient (Wildman–Crippen LogP) is 5.98. The minimum Gasteiger partial charge on any atom is -0.325 e. The molecule has 0 bridgehead atoms. The van der Waals surface area contributed by atoms with Crippen molar-refractivity contribution < 1.29 is 14.4 Å². The number of rotatable bonds is 4. The number of hydrogen-bond donors (Lipinski definition) is 1. The average molecular weight is 453 g/mol. The van der Waals surface area contributed by atoms with E-state index in [9.17, 15) is 14.4 Å². The molecule has 1 aliphatic rings. The summed E-state index contributed by atoms with van der Waals surface area (Å²) in [5.41, 5.74) is 2.52. The first-order chi connectivity index (χ1) is 16.0. The van der Waals surface area contributed by atoms with Crippen molar-refractivity contribution in [2.45, 2.75) is 6.92 Å². The molecule has 0 aliphatic carbocycles. The van der Waals surface area contributed by atoms with Crippen LogP contribution in [0.4, 0.5) is 10.5 Å². The summed E-state index contributed by atoms with van der Waals surface area (Å²) in [5, 5.41) is 6.41. The van der Waals surface area contributed by atoms with Gasteiger partial charge in [-0.25, -0.2) is 0 Å². The molecule has 33 heavy (non-hydrogen) atoms. The van der Waals surface area contributed by atoms with E-state index in [2.05, 4.69) is 11.4 Å². The SMILES string of the molecule is Cc1cccc(NC(=O)CN2C(=O)SC(=Cc3c4ccccc4cc4ccccc34)C2=O)c1. The number of hydrogen-bond acceptors (Lipinski definition) is 4. The first kappa shape index (κ1) is 21.0. The van der Waals surface area contributed by atoms with Crippen LogP contribution in [0.15, 0.2) is 83.8 Å². The summed E-state index contributed by atoms with van der Waals surface area (Å²) in [4.78, 5) is 39.5. The second kappa shape index (κ2) is 8.56. The highest BCUT2D eigenvalue weighted by molar-refractivity contribution is 8.18. The van der Waals surface area contributed by atoms with E-state index in [-0.39, 0.29) is 6.54 Å². The van der Waals surface area contributed by atoms with E-state index in [0.717, 1.165) is 49.3 Å². The maximum absolute atomic E-state index is 13.1. The molecule has 0 radical (unpaired) electrons. The van der Waals surface area contributed by atoms with Crippen LogP contribution >= 0.6 is 11.8 Å². The Bertz CT molecular complexity index is 1420. The molecule has 6 heteroatoms. The van der Waals surface area contributed by atoms with Crippen molar-refractivity contribution >= 4 is 62.1 Å². The van der Waals surface area contributed by atoms with Crippen molar-refractivity contribution in [3.8, 4) is 0 Å². The molecule has 3 amide bonds. The second-order valence-electron chi connectivity index (χ2n) is 7.92. The molecule has 0 atom stereocenters.